The number of piperazine rings is 1. The Hall–Kier alpha value is -2.24. The minimum Gasteiger partial charge on any atom is -0.370 e. The van der Waals surface area contributed by atoms with Crippen LogP contribution in [0.1, 0.15) is 24.8 Å². The summed E-state index contributed by atoms with van der Waals surface area (Å²) in [5.74, 6) is 0. The summed E-state index contributed by atoms with van der Waals surface area (Å²) >= 11 is 6.51. The van der Waals surface area contributed by atoms with Gasteiger partial charge in [-0.15, -0.1) is 0 Å². The van der Waals surface area contributed by atoms with E-state index < -0.39 is 0 Å². The Balaban J connectivity index is 1.29. The molecule has 0 saturated carbocycles. The lowest BCUT2D eigenvalue weighted by atomic mass is 10.1. The van der Waals surface area contributed by atoms with Crippen molar-refractivity contribution in [1.82, 2.24) is 9.80 Å². The smallest absolute Gasteiger partial charge is 0.321 e. The second kappa shape index (κ2) is 9.51. The minimum atomic E-state index is -0.0499. The van der Waals surface area contributed by atoms with Gasteiger partial charge in [0.25, 0.3) is 0 Å². The van der Waals surface area contributed by atoms with Gasteiger partial charge in [0.2, 0.25) is 0 Å². The summed E-state index contributed by atoms with van der Waals surface area (Å²) in [6.07, 6.45) is 3.72. The van der Waals surface area contributed by atoms with Gasteiger partial charge in [-0.05, 0) is 43.0 Å². The van der Waals surface area contributed by atoms with E-state index in [1.54, 1.807) is 0 Å². The number of nitrogens with zero attached hydrogens (tertiary/aromatic N) is 3. The SMILES string of the molecule is O=C(Nc1ccc(N2CCCCC2)c(Cl)c1)N1CCN(Cc2ccccc2)CC1. The highest BCUT2D eigenvalue weighted by Gasteiger charge is 2.21. The summed E-state index contributed by atoms with van der Waals surface area (Å²) in [5.41, 5.74) is 3.14. The van der Waals surface area contributed by atoms with Crippen molar-refractivity contribution < 1.29 is 4.79 Å². The molecule has 6 heteroatoms. The Morgan fingerprint density at radius 2 is 1.62 bits per heavy atom. The van der Waals surface area contributed by atoms with Gasteiger partial charge in [-0.25, -0.2) is 4.79 Å². The third kappa shape index (κ3) is 5.22. The van der Waals surface area contributed by atoms with E-state index in [1.807, 2.05) is 29.2 Å². The first-order valence-electron chi connectivity index (χ1n) is 10.6. The topological polar surface area (TPSA) is 38.8 Å². The van der Waals surface area contributed by atoms with Gasteiger partial charge in [0.15, 0.2) is 0 Å². The van der Waals surface area contributed by atoms with Crippen LogP contribution in [0, 0.1) is 0 Å². The first-order chi connectivity index (χ1) is 14.2. The number of halogens is 1. The van der Waals surface area contributed by atoms with Gasteiger partial charge >= 0.3 is 6.03 Å². The number of amides is 2. The van der Waals surface area contributed by atoms with Crippen LogP contribution < -0.4 is 10.2 Å². The van der Waals surface area contributed by atoms with Gasteiger partial charge in [-0.2, -0.15) is 0 Å². The summed E-state index contributed by atoms with van der Waals surface area (Å²) in [7, 11) is 0. The normalized spacial score (nSPS) is 18.0. The molecule has 2 aliphatic heterocycles. The highest BCUT2D eigenvalue weighted by atomic mass is 35.5. The number of rotatable bonds is 4. The van der Waals surface area contributed by atoms with Crippen LogP contribution in [0.25, 0.3) is 0 Å². The van der Waals surface area contributed by atoms with Crippen LogP contribution in [-0.4, -0.2) is 55.1 Å². The number of benzene rings is 2. The molecule has 2 aromatic carbocycles. The predicted molar refractivity (Wildman–Crippen MR) is 120 cm³/mol. The van der Waals surface area contributed by atoms with Crippen molar-refractivity contribution in [3.63, 3.8) is 0 Å². The van der Waals surface area contributed by atoms with Crippen molar-refractivity contribution in [2.45, 2.75) is 25.8 Å². The van der Waals surface area contributed by atoms with Crippen LogP contribution in [0.3, 0.4) is 0 Å². The maximum Gasteiger partial charge on any atom is 0.321 e. The monoisotopic (exact) mass is 412 g/mol. The molecule has 0 bridgehead atoms. The van der Waals surface area contributed by atoms with E-state index in [4.69, 9.17) is 11.6 Å². The standard InChI is InChI=1S/C23H29ClN4O/c24-21-17-20(9-10-22(21)27-11-5-2-6-12-27)25-23(29)28-15-13-26(14-16-28)18-19-7-3-1-4-8-19/h1,3-4,7-10,17H,2,5-6,11-16,18H2,(H,25,29). The molecule has 1 N–H and O–H groups in total. The van der Waals surface area contributed by atoms with E-state index in [1.165, 1.54) is 24.8 Å². The van der Waals surface area contributed by atoms with Crippen LogP contribution in [0.4, 0.5) is 16.2 Å². The van der Waals surface area contributed by atoms with Gasteiger partial charge in [0, 0.05) is 51.5 Å². The zero-order valence-corrected chi connectivity index (χ0v) is 17.6. The Labute approximate surface area is 178 Å². The maximum absolute atomic E-state index is 12.7. The molecular weight excluding hydrogens is 384 g/mol. The van der Waals surface area contributed by atoms with Gasteiger partial charge < -0.3 is 15.1 Å². The van der Waals surface area contributed by atoms with E-state index >= 15 is 0 Å². The largest absolute Gasteiger partial charge is 0.370 e. The van der Waals surface area contributed by atoms with Gasteiger partial charge in [0.1, 0.15) is 0 Å². The second-order valence-electron chi connectivity index (χ2n) is 7.89. The predicted octanol–water partition coefficient (Wildman–Crippen LogP) is 4.68. The molecule has 0 atom stereocenters. The van der Waals surface area contributed by atoms with E-state index in [0.717, 1.165) is 57.2 Å². The van der Waals surface area contributed by atoms with Crippen molar-refractivity contribution in [2.75, 3.05) is 49.5 Å². The number of anilines is 2. The molecule has 0 radical (unpaired) electrons. The molecular formula is C23H29ClN4O. The van der Waals surface area contributed by atoms with Gasteiger partial charge in [-0.3, -0.25) is 4.90 Å². The number of carbonyl (C=O) groups is 1. The summed E-state index contributed by atoms with van der Waals surface area (Å²) in [4.78, 5) is 19.3. The van der Waals surface area contributed by atoms with Gasteiger partial charge in [0.05, 0.1) is 10.7 Å². The number of carbonyl (C=O) groups excluding carboxylic acids is 1. The number of nitrogens with one attached hydrogen (secondary N) is 1. The molecule has 0 aliphatic carbocycles. The zero-order chi connectivity index (χ0) is 20.1. The molecule has 0 unspecified atom stereocenters. The third-order valence-electron chi connectivity index (χ3n) is 5.80. The fraction of sp³-hybridized carbons (Fsp3) is 0.435. The van der Waals surface area contributed by atoms with Crippen LogP contribution in [0.5, 0.6) is 0 Å². The number of hydrogen-bond donors (Lipinski definition) is 1. The van der Waals surface area contributed by atoms with Crippen molar-refractivity contribution in [3.8, 4) is 0 Å². The van der Waals surface area contributed by atoms with Crippen molar-refractivity contribution in [1.29, 1.82) is 0 Å². The lowest BCUT2D eigenvalue weighted by Gasteiger charge is -2.34. The zero-order valence-electron chi connectivity index (χ0n) is 16.8. The van der Waals surface area contributed by atoms with E-state index in [-0.39, 0.29) is 6.03 Å². The molecule has 154 valence electrons. The Bertz CT molecular complexity index is 815. The number of hydrogen-bond acceptors (Lipinski definition) is 3. The van der Waals surface area contributed by atoms with E-state index in [2.05, 4.69) is 39.4 Å². The van der Waals surface area contributed by atoms with Crippen LogP contribution in [0.15, 0.2) is 48.5 Å². The minimum absolute atomic E-state index is 0.0499. The van der Waals surface area contributed by atoms with Gasteiger partial charge in [-0.1, -0.05) is 41.9 Å². The molecule has 0 aromatic heterocycles. The Kier molecular flexibility index (Phi) is 6.57. The molecule has 2 heterocycles. The van der Waals surface area contributed by atoms with Crippen LogP contribution >= 0.6 is 11.6 Å². The molecule has 2 fully saturated rings. The van der Waals surface area contributed by atoms with Crippen molar-refractivity contribution in [3.05, 3.63) is 59.1 Å². The average Bonchev–Trinajstić information content (AvgIpc) is 2.76. The first-order valence-corrected chi connectivity index (χ1v) is 10.9. The fourth-order valence-corrected chi connectivity index (χ4v) is 4.43. The lowest BCUT2D eigenvalue weighted by molar-refractivity contribution is 0.143. The maximum atomic E-state index is 12.7. The van der Waals surface area contributed by atoms with Crippen molar-refractivity contribution in [2.24, 2.45) is 0 Å². The number of urea groups is 1. The second-order valence-corrected chi connectivity index (χ2v) is 8.30. The lowest BCUT2D eigenvalue weighted by Crippen LogP contribution is -2.49. The molecule has 4 rings (SSSR count). The number of piperidine rings is 1. The first kappa shape index (κ1) is 20.0. The molecule has 2 amide bonds. The summed E-state index contributed by atoms with van der Waals surface area (Å²) in [6, 6.07) is 16.3. The molecule has 29 heavy (non-hydrogen) atoms. The molecule has 5 nitrogen and oxygen atoms in total. The van der Waals surface area contributed by atoms with Crippen molar-refractivity contribution >= 4 is 29.0 Å². The summed E-state index contributed by atoms with van der Waals surface area (Å²) in [5, 5.41) is 3.72. The Morgan fingerprint density at radius 1 is 0.897 bits per heavy atom. The summed E-state index contributed by atoms with van der Waals surface area (Å²) in [6.45, 7) is 6.28. The summed E-state index contributed by atoms with van der Waals surface area (Å²) < 4.78 is 0. The quantitative estimate of drug-likeness (QED) is 0.792. The highest BCUT2D eigenvalue weighted by molar-refractivity contribution is 6.33. The fourth-order valence-electron chi connectivity index (χ4n) is 4.13. The van der Waals surface area contributed by atoms with E-state index in [9.17, 15) is 4.79 Å². The third-order valence-corrected chi connectivity index (χ3v) is 6.11. The molecule has 0 spiro atoms. The molecule has 2 aliphatic rings. The van der Waals surface area contributed by atoms with Crippen LogP contribution in [-0.2, 0) is 6.54 Å². The highest BCUT2D eigenvalue weighted by Crippen LogP contribution is 2.31. The molecule has 2 saturated heterocycles. The average molecular weight is 413 g/mol. The molecule has 2 aromatic rings. The van der Waals surface area contributed by atoms with Crippen LogP contribution in [0.2, 0.25) is 5.02 Å². The Morgan fingerprint density at radius 3 is 2.31 bits per heavy atom. The van der Waals surface area contributed by atoms with E-state index in [0.29, 0.717) is 5.02 Å².